The summed E-state index contributed by atoms with van der Waals surface area (Å²) in [5, 5.41) is 0. The number of amides is 1. The van der Waals surface area contributed by atoms with E-state index in [1.807, 2.05) is 18.3 Å². The molecule has 3 rings (SSSR count). The van der Waals surface area contributed by atoms with Crippen LogP contribution in [0.25, 0.3) is 11.1 Å². The Balaban J connectivity index is 1.71. The quantitative estimate of drug-likeness (QED) is 0.881. The molecule has 1 aliphatic heterocycles. The van der Waals surface area contributed by atoms with Crippen LogP contribution in [-0.2, 0) is 11.3 Å². The molecule has 0 aliphatic carbocycles. The first-order valence-corrected chi connectivity index (χ1v) is 8.99. The lowest BCUT2D eigenvalue weighted by atomic mass is 10.0. The van der Waals surface area contributed by atoms with Crippen molar-refractivity contribution in [2.45, 2.75) is 6.54 Å². The average Bonchev–Trinajstić information content (AvgIpc) is 2.68. The molecule has 1 aliphatic rings. The number of pyridine rings is 1. The number of likely N-dealkylation sites (N-methyl/N-ethyl adjacent to an activating group) is 2. The molecule has 0 unspecified atom stereocenters. The number of nitrogens with two attached hydrogens (primary N) is 1. The van der Waals surface area contributed by atoms with Crippen molar-refractivity contribution in [3.63, 3.8) is 0 Å². The summed E-state index contributed by atoms with van der Waals surface area (Å²) in [4.78, 5) is 22.6. The molecule has 0 radical (unpaired) electrons. The van der Waals surface area contributed by atoms with Gasteiger partial charge in [-0.15, -0.1) is 0 Å². The Hall–Kier alpha value is -2.44. The smallest absolute Gasteiger partial charge is 0.236 e. The van der Waals surface area contributed by atoms with E-state index in [-0.39, 0.29) is 12.5 Å². The van der Waals surface area contributed by atoms with E-state index in [0.717, 1.165) is 48.7 Å². The highest BCUT2D eigenvalue weighted by Gasteiger charge is 2.15. The van der Waals surface area contributed by atoms with Crippen LogP contribution in [0.4, 0.5) is 5.82 Å². The largest absolute Gasteiger partial charge is 0.354 e. The van der Waals surface area contributed by atoms with Crippen molar-refractivity contribution in [1.29, 1.82) is 0 Å². The van der Waals surface area contributed by atoms with Crippen LogP contribution in [-0.4, -0.2) is 67.5 Å². The first-order chi connectivity index (χ1) is 12.6. The molecule has 0 bridgehead atoms. The average molecular weight is 353 g/mol. The topological polar surface area (TPSA) is 65.7 Å². The Labute approximate surface area is 155 Å². The zero-order valence-electron chi connectivity index (χ0n) is 15.6. The standard InChI is InChI=1S/C20H27N5O/c1-23-8-10-25(11-9-23)19-7-6-18(14-22-19)17-5-3-4-16(12-17)15-24(2)20(26)13-21/h3-7,12,14H,8-11,13,15,21H2,1-2H3. The van der Waals surface area contributed by atoms with Crippen LogP contribution in [0.1, 0.15) is 5.56 Å². The van der Waals surface area contributed by atoms with Gasteiger partial charge in [-0.2, -0.15) is 0 Å². The second kappa shape index (κ2) is 8.29. The molecule has 0 saturated carbocycles. The Morgan fingerprint density at radius 1 is 1.15 bits per heavy atom. The van der Waals surface area contributed by atoms with Crippen LogP contribution in [0.5, 0.6) is 0 Å². The van der Waals surface area contributed by atoms with Crippen LogP contribution in [0, 0.1) is 0 Å². The van der Waals surface area contributed by atoms with Gasteiger partial charge >= 0.3 is 0 Å². The fourth-order valence-electron chi connectivity index (χ4n) is 3.15. The van der Waals surface area contributed by atoms with Gasteiger partial charge in [-0.3, -0.25) is 4.79 Å². The van der Waals surface area contributed by atoms with Crippen molar-refractivity contribution in [1.82, 2.24) is 14.8 Å². The van der Waals surface area contributed by atoms with Crippen LogP contribution in [0.2, 0.25) is 0 Å². The summed E-state index contributed by atoms with van der Waals surface area (Å²) >= 11 is 0. The Bertz CT molecular complexity index is 738. The SMILES string of the molecule is CN1CCN(c2ccc(-c3cccc(CN(C)C(=O)CN)c3)cn2)CC1. The van der Waals surface area contributed by atoms with Gasteiger partial charge < -0.3 is 20.4 Å². The summed E-state index contributed by atoms with van der Waals surface area (Å²) in [5.41, 5.74) is 8.69. The molecule has 2 aromatic rings. The molecule has 6 heteroatoms. The third-order valence-corrected chi connectivity index (χ3v) is 4.86. The van der Waals surface area contributed by atoms with Gasteiger partial charge in [-0.05, 0) is 36.4 Å². The normalized spacial score (nSPS) is 15.1. The van der Waals surface area contributed by atoms with E-state index < -0.39 is 0 Å². The molecule has 6 nitrogen and oxygen atoms in total. The van der Waals surface area contributed by atoms with Gasteiger partial charge in [0.2, 0.25) is 5.91 Å². The second-order valence-electron chi connectivity index (χ2n) is 6.85. The molecule has 0 spiro atoms. The van der Waals surface area contributed by atoms with Gasteiger partial charge in [0.05, 0.1) is 6.54 Å². The number of benzene rings is 1. The first-order valence-electron chi connectivity index (χ1n) is 8.99. The molecule has 1 amide bonds. The lowest BCUT2D eigenvalue weighted by Gasteiger charge is -2.33. The fraction of sp³-hybridized carbons (Fsp3) is 0.400. The molecular formula is C20H27N5O. The van der Waals surface area contributed by atoms with Crippen molar-refractivity contribution in [3.05, 3.63) is 48.2 Å². The maximum Gasteiger partial charge on any atom is 0.236 e. The number of aromatic nitrogens is 1. The number of hydrogen-bond acceptors (Lipinski definition) is 5. The number of carbonyl (C=O) groups excluding carboxylic acids is 1. The Morgan fingerprint density at radius 3 is 2.58 bits per heavy atom. The van der Waals surface area contributed by atoms with Gasteiger partial charge in [-0.1, -0.05) is 18.2 Å². The predicted molar refractivity (Wildman–Crippen MR) is 105 cm³/mol. The van der Waals surface area contributed by atoms with E-state index in [2.05, 4.69) is 46.1 Å². The van der Waals surface area contributed by atoms with Gasteiger partial charge in [0.1, 0.15) is 5.82 Å². The second-order valence-corrected chi connectivity index (χ2v) is 6.85. The minimum Gasteiger partial charge on any atom is -0.354 e. The molecule has 1 fully saturated rings. The van der Waals surface area contributed by atoms with Gasteiger partial charge in [0, 0.05) is 51.5 Å². The minimum absolute atomic E-state index is 0.0356. The molecular weight excluding hydrogens is 326 g/mol. The first kappa shape index (κ1) is 18.4. The van der Waals surface area contributed by atoms with Gasteiger partial charge in [0.25, 0.3) is 0 Å². The summed E-state index contributed by atoms with van der Waals surface area (Å²) in [5.74, 6) is 0.972. The lowest BCUT2D eigenvalue weighted by molar-refractivity contribution is -0.128. The van der Waals surface area contributed by atoms with Crippen molar-refractivity contribution in [2.24, 2.45) is 5.73 Å². The van der Waals surface area contributed by atoms with Crippen LogP contribution in [0.15, 0.2) is 42.6 Å². The monoisotopic (exact) mass is 353 g/mol. The zero-order valence-corrected chi connectivity index (χ0v) is 15.6. The summed E-state index contributed by atoms with van der Waals surface area (Å²) in [6.07, 6.45) is 1.93. The molecule has 26 heavy (non-hydrogen) atoms. The van der Waals surface area contributed by atoms with E-state index in [0.29, 0.717) is 6.54 Å². The van der Waals surface area contributed by atoms with E-state index in [9.17, 15) is 4.79 Å². The maximum atomic E-state index is 11.7. The summed E-state index contributed by atoms with van der Waals surface area (Å²) in [7, 11) is 3.92. The van der Waals surface area contributed by atoms with Crippen LogP contribution in [0.3, 0.4) is 0 Å². The summed E-state index contributed by atoms with van der Waals surface area (Å²) < 4.78 is 0. The highest BCUT2D eigenvalue weighted by atomic mass is 16.2. The van der Waals surface area contributed by atoms with Gasteiger partial charge in [0.15, 0.2) is 0 Å². The predicted octanol–water partition coefficient (Wildman–Crippen LogP) is 1.42. The number of rotatable bonds is 5. The van der Waals surface area contributed by atoms with E-state index in [4.69, 9.17) is 5.73 Å². The lowest BCUT2D eigenvalue weighted by Crippen LogP contribution is -2.44. The summed E-state index contributed by atoms with van der Waals surface area (Å²) in [6.45, 7) is 4.76. The van der Waals surface area contributed by atoms with Crippen molar-refractivity contribution >= 4 is 11.7 Å². The molecule has 0 atom stereocenters. The number of carbonyl (C=O) groups is 1. The Morgan fingerprint density at radius 2 is 1.92 bits per heavy atom. The summed E-state index contributed by atoms with van der Waals surface area (Å²) in [6, 6.07) is 12.4. The third-order valence-electron chi connectivity index (χ3n) is 4.86. The number of hydrogen-bond donors (Lipinski definition) is 1. The van der Waals surface area contributed by atoms with E-state index >= 15 is 0 Å². The highest BCUT2D eigenvalue weighted by Crippen LogP contribution is 2.23. The van der Waals surface area contributed by atoms with Crippen LogP contribution < -0.4 is 10.6 Å². The van der Waals surface area contributed by atoms with Crippen molar-refractivity contribution < 1.29 is 4.79 Å². The number of piperazine rings is 1. The molecule has 2 N–H and O–H groups in total. The van der Waals surface area contributed by atoms with E-state index in [1.165, 1.54) is 0 Å². The molecule has 1 saturated heterocycles. The molecule has 2 heterocycles. The molecule has 138 valence electrons. The maximum absolute atomic E-state index is 11.7. The van der Waals surface area contributed by atoms with Crippen molar-refractivity contribution in [3.8, 4) is 11.1 Å². The minimum atomic E-state index is -0.0615. The number of nitrogens with zero attached hydrogens (tertiary/aromatic N) is 4. The van der Waals surface area contributed by atoms with Crippen LogP contribution >= 0.6 is 0 Å². The Kier molecular flexibility index (Phi) is 5.85. The highest BCUT2D eigenvalue weighted by molar-refractivity contribution is 5.77. The molecule has 1 aromatic heterocycles. The molecule has 1 aromatic carbocycles. The third kappa shape index (κ3) is 4.39. The fourth-order valence-corrected chi connectivity index (χ4v) is 3.15. The van der Waals surface area contributed by atoms with Gasteiger partial charge in [-0.25, -0.2) is 4.98 Å². The number of anilines is 1. The van der Waals surface area contributed by atoms with Crippen molar-refractivity contribution in [2.75, 3.05) is 51.7 Å². The zero-order chi connectivity index (χ0) is 18.5. The van der Waals surface area contributed by atoms with E-state index in [1.54, 1.807) is 11.9 Å².